The lowest BCUT2D eigenvalue weighted by Gasteiger charge is -2.19. The Morgan fingerprint density at radius 3 is 2.68 bits per heavy atom. The van der Waals surface area contributed by atoms with Crippen LogP contribution in [-0.2, 0) is 11.2 Å². The number of hydrogen-bond donors (Lipinski definition) is 1. The molecule has 0 aromatic carbocycles. The highest BCUT2D eigenvalue weighted by molar-refractivity contribution is 5.66. The second-order valence-corrected chi connectivity index (χ2v) is 4.14. The first-order chi connectivity index (χ1) is 9.15. The van der Waals surface area contributed by atoms with Gasteiger partial charge in [0.25, 0.3) is 0 Å². The molecule has 2 heterocycles. The van der Waals surface area contributed by atoms with Crippen molar-refractivity contribution in [3.63, 3.8) is 0 Å². The summed E-state index contributed by atoms with van der Waals surface area (Å²) in [7, 11) is 0. The lowest BCUT2D eigenvalue weighted by molar-refractivity contribution is -0.137. The molecule has 1 N–H and O–H groups in total. The molecule has 0 aliphatic carbocycles. The minimum atomic E-state index is -0.850. The van der Waals surface area contributed by atoms with Gasteiger partial charge in [0.2, 0.25) is 0 Å². The van der Waals surface area contributed by atoms with Crippen molar-refractivity contribution in [2.45, 2.75) is 26.7 Å². The van der Waals surface area contributed by atoms with E-state index < -0.39 is 5.97 Å². The molecule has 0 atom stereocenters. The summed E-state index contributed by atoms with van der Waals surface area (Å²) in [5.41, 5.74) is 0.635. The Labute approximate surface area is 110 Å². The molecule has 0 radical (unpaired) electrons. The van der Waals surface area contributed by atoms with E-state index in [1.807, 2.05) is 12.1 Å². The zero-order chi connectivity index (χ0) is 13.8. The molecule has 0 amide bonds. The van der Waals surface area contributed by atoms with Crippen LogP contribution in [0.1, 0.15) is 26.1 Å². The Balaban J connectivity index is 2.33. The molecule has 7 heteroatoms. The van der Waals surface area contributed by atoms with Crippen LogP contribution in [0.4, 0.5) is 5.82 Å². The third-order valence-electron chi connectivity index (χ3n) is 2.96. The largest absolute Gasteiger partial charge is 0.481 e. The van der Waals surface area contributed by atoms with Gasteiger partial charge in [-0.05, 0) is 26.0 Å². The molecular formula is C12H17N5O2. The highest BCUT2D eigenvalue weighted by Gasteiger charge is 2.11. The molecule has 2 aromatic heterocycles. The van der Waals surface area contributed by atoms with Crippen molar-refractivity contribution in [1.82, 2.24) is 19.8 Å². The number of hydrogen-bond acceptors (Lipinski definition) is 5. The fraction of sp³-hybridized carbons (Fsp3) is 0.500. The molecule has 0 aliphatic heterocycles. The third kappa shape index (κ3) is 2.81. The molecule has 0 spiro atoms. The fourth-order valence-corrected chi connectivity index (χ4v) is 1.91. The van der Waals surface area contributed by atoms with Crippen molar-refractivity contribution >= 4 is 17.4 Å². The van der Waals surface area contributed by atoms with Crippen LogP contribution in [0.3, 0.4) is 0 Å². The predicted octanol–water partition coefficient (Wildman–Crippen LogP) is 0.988. The lowest BCUT2D eigenvalue weighted by Crippen LogP contribution is -2.23. The molecule has 0 saturated heterocycles. The standard InChI is InChI=1S/C12H17N5O2/c1-3-16(4-2)11-6-5-9-13-14-10(17(9)15-11)7-8-12(18)19/h5-6H,3-4,7-8H2,1-2H3,(H,18,19). The number of nitrogens with zero attached hydrogens (tertiary/aromatic N) is 5. The lowest BCUT2D eigenvalue weighted by atomic mass is 10.3. The fourth-order valence-electron chi connectivity index (χ4n) is 1.91. The summed E-state index contributed by atoms with van der Waals surface area (Å²) in [4.78, 5) is 12.7. The average Bonchev–Trinajstić information content (AvgIpc) is 2.80. The van der Waals surface area contributed by atoms with Gasteiger partial charge < -0.3 is 10.0 Å². The zero-order valence-electron chi connectivity index (χ0n) is 11.1. The number of carbonyl (C=O) groups is 1. The van der Waals surface area contributed by atoms with Crippen molar-refractivity contribution in [3.05, 3.63) is 18.0 Å². The number of fused-ring (bicyclic) bond motifs is 1. The minimum absolute atomic E-state index is 0.0258. The van der Waals surface area contributed by atoms with Gasteiger partial charge in [0.15, 0.2) is 11.5 Å². The van der Waals surface area contributed by atoms with Crippen LogP contribution in [0.15, 0.2) is 12.1 Å². The predicted molar refractivity (Wildman–Crippen MR) is 70.3 cm³/mol. The Morgan fingerprint density at radius 1 is 1.32 bits per heavy atom. The van der Waals surface area contributed by atoms with Gasteiger partial charge in [-0.1, -0.05) is 0 Å². The van der Waals surface area contributed by atoms with Gasteiger partial charge >= 0.3 is 5.97 Å². The van der Waals surface area contributed by atoms with Crippen LogP contribution in [-0.4, -0.2) is 44.0 Å². The van der Waals surface area contributed by atoms with Crippen LogP contribution in [0.5, 0.6) is 0 Å². The van der Waals surface area contributed by atoms with Crippen molar-refractivity contribution in [2.75, 3.05) is 18.0 Å². The summed E-state index contributed by atoms with van der Waals surface area (Å²) in [5, 5.41) is 21.2. The molecule has 0 aliphatic rings. The number of rotatable bonds is 6. The number of aryl methyl sites for hydroxylation is 1. The van der Waals surface area contributed by atoms with E-state index in [0.29, 0.717) is 17.9 Å². The molecule has 102 valence electrons. The summed E-state index contributed by atoms with van der Waals surface area (Å²) < 4.78 is 1.62. The summed E-state index contributed by atoms with van der Waals surface area (Å²) in [6, 6.07) is 3.75. The van der Waals surface area contributed by atoms with Gasteiger partial charge in [-0.15, -0.1) is 15.3 Å². The molecular weight excluding hydrogens is 246 g/mol. The summed E-state index contributed by atoms with van der Waals surface area (Å²) in [6.45, 7) is 5.85. The number of aliphatic carboxylic acids is 1. The molecule has 0 fully saturated rings. The smallest absolute Gasteiger partial charge is 0.303 e. The highest BCUT2D eigenvalue weighted by Crippen LogP contribution is 2.12. The number of carboxylic acid groups (broad SMARTS) is 1. The van der Waals surface area contributed by atoms with E-state index in [9.17, 15) is 4.79 Å². The van der Waals surface area contributed by atoms with E-state index in [1.54, 1.807) is 4.52 Å². The molecule has 0 unspecified atom stereocenters. The number of anilines is 1. The maximum absolute atomic E-state index is 10.6. The Bertz CT molecular complexity index is 577. The van der Waals surface area contributed by atoms with Crippen molar-refractivity contribution in [1.29, 1.82) is 0 Å². The van der Waals surface area contributed by atoms with E-state index in [1.165, 1.54) is 0 Å². The molecule has 0 bridgehead atoms. The molecule has 0 saturated carbocycles. The Morgan fingerprint density at radius 2 is 2.05 bits per heavy atom. The van der Waals surface area contributed by atoms with Crippen LogP contribution in [0.2, 0.25) is 0 Å². The van der Waals surface area contributed by atoms with Crippen molar-refractivity contribution < 1.29 is 9.90 Å². The first kappa shape index (κ1) is 13.3. The first-order valence-corrected chi connectivity index (χ1v) is 6.33. The van der Waals surface area contributed by atoms with Crippen LogP contribution in [0.25, 0.3) is 5.65 Å². The van der Waals surface area contributed by atoms with Crippen LogP contribution >= 0.6 is 0 Å². The Kier molecular flexibility index (Phi) is 3.94. The van der Waals surface area contributed by atoms with Gasteiger partial charge in [0, 0.05) is 19.5 Å². The topological polar surface area (TPSA) is 83.6 Å². The van der Waals surface area contributed by atoms with Gasteiger partial charge in [-0.25, -0.2) is 0 Å². The van der Waals surface area contributed by atoms with E-state index >= 15 is 0 Å². The maximum Gasteiger partial charge on any atom is 0.303 e. The molecule has 2 aromatic rings. The van der Waals surface area contributed by atoms with Crippen LogP contribution in [0, 0.1) is 0 Å². The van der Waals surface area contributed by atoms with Gasteiger partial charge in [-0.3, -0.25) is 4.79 Å². The summed E-state index contributed by atoms with van der Waals surface area (Å²) in [6.07, 6.45) is 0.350. The second kappa shape index (κ2) is 5.64. The zero-order valence-corrected chi connectivity index (χ0v) is 11.1. The monoisotopic (exact) mass is 263 g/mol. The number of carboxylic acids is 1. The minimum Gasteiger partial charge on any atom is -0.481 e. The highest BCUT2D eigenvalue weighted by atomic mass is 16.4. The van der Waals surface area contributed by atoms with Crippen molar-refractivity contribution in [3.8, 4) is 0 Å². The first-order valence-electron chi connectivity index (χ1n) is 6.33. The molecule has 19 heavy (non-hydrogen) atoms. The van der Waals surface area contributed by atoms with E-state index in [2.05, 4.69) is 34.0 Å². The van der Waals surface area contributed by atoms with Crippen molar-refractivity contribution in [2.24, 2.45) is 0 Å². The number of aromatic nitrogens is 4. The average molecular weight is 263 g/mol. The molecule has 7 nitrogen and oxygen atoms in total. The second-order valence-electron chi connectivity index (χ2n) is 4.14. The Hall–Kier alpha value is -2.18. The molecule has 2 rings (SSSR count). The van der Waals surface area contributed by atoms with E-state index in [0.717, 1.165) is 18.9 Å². The van der Waals surface area contributed by atoms with Gasteiger partial charge in [-0.2, -0.15) is 4.52 Å². The van der Waals surface area contributed by atoms with E-state index in [4.69, 9.17) is 5.11 Å². The van der Waals surface area contributed by atoms with E-state index in [-0.39, 0.29) is 6.42 Å². The van der Waals surface area contributed by atoms with Crippen LogP contribution < -0.4 is 4.90 Å². The quantitative estimate of drug-likeness (QED) is 0.836. The SMILES string of the molecule is CCN(CC)c1ccc2nnc(CCC(=O)O)n2n1. The maximum atomic E-state index is 10.6. The van der Waals surface area contributed by atoms with Gasteiger partial charge in [0.1, 0.15) is 5.82 Å². The normalized spacial score (nSPS) is 10.8. The summed E-state index contributed by atoms with van der Waals surface area (Å²) >= 11 is 0. The van der Waals surface area contributed by atoms with Gasteiger partial charge in [0.05, 0.1) is 6.42 Å². The third-order valence-corrected chi connectivity index (χ3v) is 2.96. The summed E-state index contributed by atoms with van der Waals surface area (Å²) in [5.74, 6) is 0.567.